The highest BCUT2D eigenvalue weighted by Crippen LogP contribution is 2.32. The van der Waals surface area contributed by atoms with Gasteiger partial charge in [0.2, 0.25) is 15.9 Å². The van der Waals surface area contributed by atoms with Gasteiger partial charge in [0.1, 0.15) is 10.6 Å². The smallest absolute Gasteiger partial charge is 0.246 e. The standard InChI is InChI=1S/C22H28N2O4S/c1-16(2)17-11-12-20(28-3)21(14-17)29(26,27)24-13-7-8-18(15-24)22(25)23-19-9-5-4-6-10-19/h4-6,9-12,14,16,18H,7-8,13,15H2,1-3H3,(H,23,25)/t18-/m0/s1. The monoisotopic (exact) mass is 416 g/mol. The number of piperidine rings is 1. The van der Waals surface area contributed by atoms with E-state index in [2.05, 4.69) is 5.32 Å². The van der Waals surface area contributed by atoms with Crippen molar-refractivity contribution in [1.29, 1.82) is 0 Å². The summed E-state index contributed by atoms with van der Waals surface area (Å²) in [4.78, 5) is 12.8. The van der Waals surface area contributed by atoms with Crippen molar-refractivity contribution in [3.63, 3.8) is 0 Å². The van der Waals surface area contributed by atoms with Gasteiger partial charge in [-0.2, -0.15) is 4.31 Å². The minimum Gasteiger partial charge on any atom is -0.495 e. The molecule has 0 aromatic heterocycles. The number of methoxy groups -OCH3 is 1. The first-order valence-electron chi connectivity index (χ1n) is 9.87. The highest BCUT2D eigenvalue weighted by Gasteiger charge is 2.35. The first-order chi connectivity index (χ1) is 13.8. The van der Waals surface area contributed by atoms with Gasteiger partial charge in [-0.05, 0) is 48.6 Å². The lowest BCUT2D eigenvalue weighted by Crippen LogP contribution is -2.43. The fourth-order valence-electron chi connectivity index (χ4n) is 3.53. The average Bonchev–Trinajstić information content (AvgIpc) is 2.74. The van der Waals surface area contributed by atoms with E-state index < -0.39 is 15.9 Å². The molecule has 1 aliphatic rings. The Kier molecular flexibility index (Phi) is 6.59. The topological polar surface area (TPSA) is 75.7 Å². The quantitative estimate of drug-likeness (QED) is 0.776. The Bertz CT molecular complexity index is 958. The molecule has 1 amide bonds. The van der Waals surface area contributed by atoms with Crippen molar-refractivity contribution >= 4 is 21.6 Å². The Morgan fingerprint density at radius 3 is 2.55 bits per heavy atom. The summed E-state index contributed by atoms with van der Waals surface area (Å²) >= 11 is 0. The third-order valence-electron chi connectivity index (χ3n) is 5.27. The Morgan fingerprint density at radius 2 is 1.90 bits per heavy atom. The van der Waals surface area contributed by atoms with Gasteiger partial charge in [-0.3, -0.25) is 4.79 Å². The van der Waals surface area contributed by atoms with Crippen molar-refractivity contribution < 1.29 is 17.9 Å². The Labute approximate surface area is 172 Å². The third kappa shape index (κ3) is 4.79. The molecule has 1 atom stereocenters. The number of hydrogen-bond acceptors (Lipinski definition) is 4. The molecule has 1 heterocycles. The molecule has 0 unspecified atom stereocenters. The van der Waals surface area contributed by atoms with Crippen LogP contribution in [0.15, 0.2) is 53.4 Å². The Morgan fingerprint density at radius 1 is 1.17 bits per heavy atom. The summed E-state index contributed by atoms with van der Waals surface area (Å²) in [6, 6.07) is 14.5. The maximum Gasteiger partial charge on any atom is 0.246 e. The summed E-state index contributed by atoms with van der Waals surface area (Å²) in [5.41, 5.74) is 1.64. The number of nitrogens with zero attached hydrogens (tertiary/aromatic N) is 1. The molecule has 7 heteroatoms. The average molecular weight is 417 g/mol. The van der Waals surface area contributed by atoms with Gasteiger partial charge >= 0.3 is 0 Å². The summed E-state index contributed by atoms with van der Waals surface area (Å²) in [6.07, 6.45) is 1.30. The van der Waals surface area contributed by atoms with Gasteiger partial charge in [-0.15, -0.1) is 0 Å². The van der Waals surface area contributed by atoms with Crippen LogP contribution in [-0.4, -0.2) is 38.8 Å². The molecule has 1 N–H and O–H groups in total. The number of hydrogen-bond donors (Lipinski definition) is 1. The van der Waals surface area contributed by atoms with Crippen LogP contribution < -0.4 is 10.1 Å². The van der Waals surface area contributed by atoms with E-state index in [1.807, 2.05) is 50.2 Å². The molecule has 156 valence electrons. The molecule has 1 saturated heterocycles. The van der Waals surface area contributed by atoms with Crippen LogP contribution in [0, 0.1) is 5.92 Å². The number of benzene rings is 2. The summed E-state index contributed by atoms with van der Waals surface area (Å²) in [5, 5.41) is 2.88. The summed E-state index contributed by atoms with van der Waals surface area (Å²) in [6.45, 7) is 4.59. The van der Waals surface area contributed by atoms with Gasteiger partial charge in [-0.1, -0.05) is 38.1 Å². The van der Waals surface area contributed by atoms with E-state index in [1.54, 1.807) is 12.1 Å². The van der Waals surface area contributed by atoms with E-state index in [0.29, 0.717) is 30.8 Å². The zero-order valence-corrected chi connectivity index (χ0v) is 17.9. The third-order valence-corrected chi connectivity index (χ3v) is 7.15. The van der Waals surface area contributed by atoms with Crippen molar-refractivity contribution in [2.45, 2.75) is 37.5 Å². The SMILES string of the molecule is COc1ccc(C(C)C)cc1S(=O)(=O)N1CCC[C@H](C(=O)Nc2ccccc2)C1. The predicted octanol–water partition coefficient (Wildman–Crippen LogP) is 3.86. The van der Waals surface area contributed by atoms with E-state index in [9.17, 15) is 13.2 Å². The molecule has 0 radical (unpaired) electrons. The fraction of sp³-hybridized carbons (Fsp3) is 0.409. The van der Waals surface area contributed by atoms with Crippen LogP contribution in [-0.2, 0) is 14.8 Å². The minimum absolute atomic E-state index is 0.154. The molecule has 1 aliphatic heterocycles. The molecule has 1 fully saturated rings. The first-order valence-corrected chi connectivity index (χ1v) is 11.3. The minimum atomic E-state index is -3.77. The molecule has 2 aromatic rings. The lowest BCUT2D eigenvalue weighted by Gasteiger charge is -2.31. The zero-order chi connectivity index (χ0) is 21.0. The molecule has 0 spiro atoms. The van der Waals surface area contributed by atoms with E-state index >= 15 is 0 Å². The van der Waals surface area contributed by atoms with Gasteiger partial charge in [0, 0.05) is 18.8 Å². The predicted molar refractivity (Wildman–Crippen MR) is 114 cm³/mol. The fourth-order valence-corrected chi connectivity index (χ4v) is 5.25. The summed E-state index contributed by atoms with van der Waals surface area (Å²) in [5.74, 6) is -0.0251. The highest BCUT2D eigenvalue weighted by atomic mass is 32.2. The number of ether oxygens (including phenoxy) is 1. The number of anilines is 1. The maximum atomic E-state index is 13.4. The summed E-state index contributed by atoms with van der Waals surface area (Å²) in [7, 11) is -2.30. The molecule has 0 saturated carbocycles. The number of para-hydroxylation sites is 1. The molecule has 29 heavy (non-hydrogen) atoms. The van der Waals surface area contributed by atoms with Gasteiger partial charge < -0.3 is 10.1 Å². The second kappa shape index (κ2) is 8.97. The van der Waals surface area contributed by atoms with Crippen LogP contribution in [0.3, 0.4) is 0 Å². The largest absolute Gasteiger partial charge is 0.495 e. The lowest BCUT2D eigenvalue weighted by molar-refractivity contribution is -0.120. The highest BCUT2D eigenvalue weighted by molar-refractivity contribution is 7.89. The van der Waals surface area contributed by atoms with Gasteiger partial charge in [0.15, 0.2) is 0 Å². The zero-order valence-electron chi connectivity index (χ0n) is 17.1. The number of sulfonamides is 1. The summed E-state index contributed by atoms with van der Waals surface area (Å²) < 4.78 is 33.5. The Balaban J connectivity index is 1.82. The molecule has 2 aromatic carbocycles. The van der Waals surface area contributed by atoms with Crippen LogP contribution in [0.2, 0.25) is 0 Å². The number of rotatable bonds is 6. The van der Waals surface area contributed by atoms with Crippen molar-refractivity contribution in [3.8, 4) is 5.75 Å². The van der Waals surface area contributed by atoms with Crippen molar-refractivity contribution in [2.24, 2.45) is 5.92 Å². The van der Waals surface area contributed by atoms with E-state index in [-0.39, 0.29) is 23.3 Å². The molecule has 0 bridgehead atoms. The molecule has 6 nitrogen and oxygen atoms in total. The van der Waals surface area contributed by atoms with Crippen LogP contribution in [0.4, 0.5) is 5.69 Å². The van der Waals surface area contributed by atoms with Crippen LogP contribution in [0.25, 0.3) is 0 Å². The van der Waals surface area contributed by atoms with E-state index in [0.717, 1.165) is 5.56 Å². The second-order valence-corrected chi connectivity index (χ2v) is 9.53. The lowest BCUT2D eigenvalue weighted by atomic mass is 9.99. The Hall–Kier alpha value is -2.38. The number of carbonyl (C=O) groups excluding carboxylic acids is 1. The van der Waals surface area contributed by atoms with Gasteiger partial charge in [-0.25, -0.2) is 8.42 Å². The van der Waals surface area contributed by atoms with Crippen LogP contribution >= 0.6 is 0 Å². The van der Waals surface area contributed by atoms with Crippen molar-refractivity contribution in [1.82, 2.24) is 4.31 Å². The van der Waals surface area contributed by atoms with E-state index in [4.69, 9.17) is 4.74 Å². The number of carbonyl (C=O) groups is 1. The van der Waals surface area contributed by atoms with Crippen molar-refractivity contribution in [2.75, 3.05) is 25.5 Å². The van der Waals surface area contributed by atoms with Gasteiger partial charge in [0.05, 0.1) is 13.0 Å². The van der Waals surface area contributed by atoms with Gasteiger partial charge in [0.25, 0.3) is 0 Å². The second-order valence-electron chi connectivity index (χ2n) is 7.62. The number of amides is 1. The normalized spacial score (nSPS) is 17.9. The van der Waals surface area contributed by atoms with Crippen LogP contribution in [0.5, 0.6) is 5.75 Å². The molecular weight excluding hydrogens is 388 g/mol. The first kappa shape index (κ1) is 21.3. The molecular formula is C22H28N2O4S. The maximum absolute atomic E-state index is 13.4. The van der Waals surface area contributed by atoms with Crippen molar-refractivity contribution in [3.05, 3.63) is 54.1 Å². The van der Waals surface area contributed by atoms with E-state index in [1.165, 1.54) is 11.4 Å². The number of nitrogens with one attached hydrogen (secondary N) is 1. The van der Waals surface area contributed by atoms with Crippen LogP contribution in [0.1, 0.15) is 38.2 Å². The molecule has 0 aliphatic carbocycles. The molecule has 3 rings (SSSR count).